The molecule has 0 unspecified atom stereocenters. The van der Waals surface area contributed by atoms with Gasteiger partial charge in [0, 0.05) is 19.3 Å². The molecule has 0 fully saturated rings. The number of halogens is 1. The summed E-state index contributed by atoms with van der Waals surface area (Å²) in [6, 6.07) is 8.02. The van der Waals surface area contributed by atoms with E-state index < -0.39 is 5.82 Å². The number of hydrogen-bond donors (Lipinski definition) is 0. The van der Waals surface area contributed by atoms with E-state index in [4.69, 9.17) is 10.5 Å². The molecular weight excluding hydrogens is 193 g/mol. The zero-order valence-corrected chi connectivity index (χ0v) is 8.37. The van der Waals surface area contributed by atoms with Gasteiger partial charge in [0.05, 0.1) is 24.1 Å². The van der Waals surface area contributed by atoms with Crippen LogP contribution < -0.4 is 4.90 Å². The van der Waals surface area contributed by atoms with Gasteiger partial charge in [-0.25, -0.2) is 4.39 Å². The number of hydrogen-bond acceptors (Lipinski definition) is 3. The van der Waals surface area contributed by atoms with E-state index >= 15 is 0 Å². The maximum absolute atomic E-state index is 13.1. The van der Waals surface area contributed by atoms with Crippen LogP contribution in [0.4, 0.5) is 10.1 Å². The second kappa shape index (κ2) is 4.97. The first-order valence-corrected chi connectivity index (χ1v) is 4.46. The van der Waals surface area contributed by atoms with Crippen molar-refractivity contribution < 1.29 is 4.39 Å². The molecule has 76 valence electrons. The first-order valence-electron chi connectivity index (χ1n) is 4.46. The molecule has 0 amide bonds. The summed E-state index contributed by atoms with van der Waals surface area (Å²) in [6.45, 7) is 0.519. The van der Waals surface area contributed by atoms with Crippen molar-refractivity contribution in [3.63, 3.8) is 0 Å². The number of nitrogens with zero attached hydrogens (tertiary/aromatic N) is 3. The van der Waals surface area contributed by atoms with E-state index in [-0.39, 0.29) is 5.56 Å². The van der Waals surface area contributed by atoms with E-state index in [0.717, 1.165) is 0 Å². The van der Waals surface area contributed by atoms with Gasteiger partial charge in [0.2, 0.25) is 0 Å². The van der Waals surface area contributed by atoms with E-state index in [2.05, 4.69) is 0 Å². The fourth-order valence-corrected chi connectivity index (χ4v) is 1.21. The molecule has 0 bridgehead atoms. The molecule has 0 radical (unpaired) electrons. The Morgan fingerprint density at radius 1 is 1.33 bits per heavy atom. The van der Waals surface area contributed by atoms with Crippen LogP contribution >= 0.6 is 0 Å². The summed E-state index contributed by atoms with van der Waals surface area (Å²) in [5.74, 6) is -0.437. The summed E-state index contributed by atoms with van der Waals surface area (Å²) >= 11 is 0. The largest absolute Gasteiger partial charge is 0.373 e. The SMILES string of the molecule is CN(CCC#N)c1cc(F)cc(C#N)c1. The molecule has 0 spiro atoms. The smallest absolute Gasteiger partial charge is 0.126 e. The topological polar surface area (TPSA) is 50.8 Å². The molecule has 0 atom stereocenters. The Kier molecular flexibility index (Phi) is 3.65. The van der Waals surface area contributed by atoms with Crippen LogP contribution in [0.25, 0.3) is 0 Å². The Balaban J connectivity index is 2.90. The molecule has 0 aliphatic heterocycles. The highest BCUT2D eigenvalue weighted by Crippen LogP contribution is 2.17. The lowest BCUT2D eigenvalue weighted by Gasteiger charge is -2.17. The quantitative estimate of drug-likeness (QED) is 0.755. The predicted octanol–water partition coefficient (Wildman–Crippen LogP) is 2.05. The zero-order chi connectivity index (χ0) is 11.3. The minimum absolute atomic E-state index is 0.286. The molecule has 0 aromatic heterocycles. The maximum Gasteiger partial charge on any atom is 0.126 e. The number of anilines is 1. The lowest BCUT2D eigenvalue weighted by Crippen LogP contribution is -2.18. The van der Waals surface area contributed by atoms with Crippen LogP contribution in [0.3, 0.4) is 0 Å². The van der Waals surface area contributed by atoms with E-state index in [1.807, 2.05) is 12.1 Å². The fourth-order valence-electron chi connectivity index (χ4n) is 1.21. The molecule has 4 heteroatoms. The lowest BCUT2D eigenvalue weighted by molar-refractivity contribution is 0.626. The van der Waals surface area contributed by atoms with Crippen LogP contribution in [0.1, 0.15) is 12.0 Å². The highest BCUT2D eigenvalue weighted by molar-refractivity contribution is 5.51. The third-order valence-corrected chi connectivity index (χ3v) is 2.01. The van der Waals surface area contributed by atoms with Crippen LogP contribution in [0, 0.1) is 28.5 Å². The van der Waals surface area contributed by atoms with Gasteiger partial charge in [-0.3, -0.25) is 0 Å². The fraction of sp³-hybridized carbons (Fsp3) is 0.273. The predicted molar refractivity (Wildman–Crippen MR) is 54.6 cm³/mol. The van der Waals surface area contributed by atoms with Crippen molar-refractivity contribution in [2.45, 2.75) is 6.42 Å². The Labute approximate surface area is 88.0 Å². The summed E-state index contributed by atoms with van der Waals surface area (Å²) in [5.41, 5.74) is 0.899. The third-order valence-electron chi connectivity index (χ3n) is 2.01. The molecule has 15 heavy (non-hydrogen) atoms. The molecule has 3 nitrogen and oxygen atoms in total. The van der Waals surface area contributed by atoms with Gasteiger partial charge in [-0.15, -0.1) is 0 Å². The molecular formula is C11H10FN3. The van der Waals surface area contributed by atoms with Gasteiger partial charge < -0.3 is 4.90 Å². The summed E-state index contributed by atoms with van der Waals surface area (Å²) in [5, 5.41) is 17.1. The Bertz CT molecular complexity index is 428. The zero-order valence-electron chi connectivity index (χ0n) is 8.37. The molecule has 1 aromatic carbocycles. The van der Waals surface area contributed by atoms with E-state index in [1.165, 1.54) is 12.1 Å². The van der Waals surface area contributed by atoms with Gasteiger partial charge in [0.1, 0.15) is 5.82 Å². The minimum Gasteiger partial charge on any atom is -0.373 e. The normalized spacial score (nSPS) is 9.07. The van der Waals surface area contributed by atoms with Gasteiger partial charge in [-0.05, 0) is 18.2 Å². The van der Waals surface area contributed by atoms with Crippen LogP contribution in [0.15, 0.2) is 18.2 Å². The lowest BCUT2D eigenvalue weighted by atomic mass is 10.2. The highest BCUT2D eigenvalue weighted by atomic mass is 19.1. The van der Waals surface area contributed by atoms with Crippen molar-refractivity contribution in [3.05, 3.63) is 29.6 Å². The van der Waals surface area contributed by atoms with Gasteiger partial charge in [-0.1, -0.05) is 0 Å². The Morgan fingerprint density at radius 3 is 2.67 bits per heavy atom. The summed E-state index contributed by atoms with van der Waals surface area (Å²) in [6.07, 6.45) is 0.370. The average Bonchev–Trinajstić information content (AvgIpc) is 2.24. The van der Waals surface area contributed by atoms with Crippen molar-refractivity contribution >= 4 is 5.69 Å². The van der Waals surface area contributed by atoms with Crippen LogP contribution in [-0.4, -0.2) is 13.6 Å². The summed E-state index contributed by atoms with van der Waals surface area (Å²) in [4.78, 5) is 1.74. The van der Waals surface area contributed by atoms with Gasteiger partial charge in [-0.2, -0.15) is 10.5 Å². The second-order valence-corrected chi connectivity index (χ2v) is 3.14. The average molecular weight is 203 g/mol. The number of rotatable bonds is 3. The van der Waals surface area contributed by atoms with Crippen molar-refractivity contribution in [2.24, 2.45) is 0 Å². The van der Waals surface area contributed by atoms with Crippen LogP contribution in [0.5, 0.6) is 0 Å². The van der Waals surface area contributed by atoms with Crippen LogP contribution in [0.2, 0.25) is 0 Å². The molecule has 0 heterocycles. The standard InChI is InChI=1S/C11H10FN3/c1-15(4-2-3-13)11-6-9(8-14)5-10(12)7-11/h5-7H,2,4H2,1H3. The Hall–Kier alpha value is -2.07. The maximum atomic E-state index is 13.1. The van der Waals surface area contributed by atoms with Gasteiger partial charge in [0.15, 0.2) is 0 Å². The molecule has 0 aliphatic rings. The van der Waals surface area contributed by atoms with Crippen molar-refractivity contribution in [3.8, 4) is 12.1 Å². The van der Waals surface area contributed by atoms with E-state index in [1.54, 1.807) is 18.0 Å². The molecule has 1 rings (SSSR count). The van der Waals surface area contributed by atoms with Crippen molar-refractivity contribution in [1.82, 2.24) is 0 Å². The molecule has 0 N–H and O–H groups in total. The first-order chi connectivity index (χ1) is 7.17. The summed E-state index contributed by atoms with van der Waals surface area (Å²) in [7, 11) is 1.76. The van der Waals surface area contributed by atoms with Gasteiger partial charge in [0.25, 0.3) is 0 Å². The molecule has 1 aromatic rings. The molecule has 0 saturated heterocycles. The van der Waals surface area contributed by atoms with Crippen molar-refractivity contribution in [2.75, 3.05) is 18.5 Å². The Morgan fingerprint density at radius 2 is 2.07 bits per heavy atom. The minimum atomic E-state index is -0.437. The summed E-state index contributed by atoms with van der Waals surface area (Å²) < 4.78 is 13.1. The third kappa shape index (κ3) is 2.96. The highest BCUT2D eigenvalue weighted by Gasteiger charge is 2.04. The monoisotopic (exact) mass is 203 g/mol. The van der Waals surface area contributed by atoms with E-state index in [0.29, 0.717) is 18.7 Å². The molecule has 0 aliphatic carbocycles. The molecule has 0 saturated carbocycles. The second-order valence-electron chi connectivity index (χ2n) is 3.14. The number of benzene rings is 1. The first kappa shape index (κ1) is 11.0. The van der Waals surface area contributed by atoms with E-state index in [9.17, 15) is 4.39 Å². The van der Waals surface area contributed by atoms with Crippen molar-refractivity contribution in [1.29, 1.82) is 10.5 Å². The number of nitriles is 2. The van der Waals surface area contributed by atoms with Crippen LogP contribution in [-0.2, 0) is 0 Å². The van der Waals surface area contributed by atoms with Gasteiger partial charge >= 0.3 is 0 Å².